The molecule has 0 aliphatic rings. The number of imidazole rings is 1. The largest absolute Gasteiger partial charge is 0.396 e. The topological polar surface area (TPSA) is 74.9 Å². The lowest BCUT2D eigenvalue weighted by molar-refractivity contribution is 0.273. The molecule has 1 heterocycles. The number of benzene rings is 1. The number of aryl methyl sites for hydroxylation is 1. The van der Waals surface area contributed by atoms with Crippen LogP contribution in [-0.2, 0) is 6.42 Å². The summed E-state index contributed by atoms with van der Waals surface area (Å²) < 4.78 is 0. The van der Waals surface area contributed by atoms with Crippen LogP contribution in [0.4, 0.5) is 0 Å². The van der Waals surface area contributed by atoms with Crippen LogP contribution in [0.25, 0.3) is 11.0 Å². The van der Waals surface area contributed by atoms with Gasteiger partial charge in [0.2, 0.25) is 0 Å². The van der Waals surface area contributed by atoms with E-state index in [4.69, 9.17) is 10.8 Å². The molecule has 0 saturated carbocycles. The molecular formula is C12H17N3O. The van der Waals surface area contributed by atoms with Crippen LogP contribution >= 0.6 is 0 Å². The van der Waals surface area contributed by atoms with Gasteiger partial charge in [0.25, 0.3) is 0 Å². The molecule has 4 N–H and O–H groups in total. The molecule has 4 nitrogen and oxygen atoms in total. The van der Waals surface area contributed by atoms with Gasteiger partial charge in [-0.15, -0.1) is 0 Å². The first-order valence-electron chi connectivity index (χ1n) is 5.59. The van der Waals surface area contributed by atoms with E-state index in [2.05, 4.69) is 9.97 Å². The Bertz CT molecular complexity index is 419. The number of hydrogen-bond donors (Lipinski definition) is 3. The average molecular weight is 219 g/mol. The van der Waals surface area contributed by atoms with Crippen molar-refractivity contribution in [3.05, 3.63) is 30.1 Å². The average Bonchev–Trinajstić information content (AvgIpc) is 2.69. The zero-order valence-corrected chi connectivity index (χ0v) is 9.19. The van der Waals surface area contributed by atoms with E-state index in [0.717, 1.165) is 29.7 Å². The highest BCUT2D eigenvalue weighted by molar-refractivity contribution is 5.74. The lowest BCUT2D eigenvalue weighted by Crippen LogP contribution is -2.22. The fraction of sp³-hybridized carbons (Fsp3) is 0.417. The molecule has 1 atom stereocenters. The van der Waals surface area contributed by atoms with Gasteiger partial charge in [-0.1, -0.05) is 12.1 Å². The van der Waals surface area contributed by atoms with Crippen molar-refractivity contribution in [2.75, 3.05) is 6.61 Å². The zero-order valence-electron chi connectivity index (χ0n) is 9.19. The van der Waals surface area contributed by atoms with Gasteiger partial charge < -0.3 is 15.8 Å². The van der Waals surface area contributed by atoms with E-state index in [1.807, 2.05) is 24.3 Å². The van der Waals surface area contributed by atoms with E-state index in [0.29, 0.717) is 6.42 Å². The third-order valence-electron chi connectivity index (χ3n) is 2.69. The molecular weight excluding hydrogens is 202 g/mol. The summed E-state index contributed by atoms with van der Waals surface area (Å²) in [6.45, 7) is 0.154. The molecule has 0 amide bonds. The van der Waals surface area contributed by atoms with Crippen LogP contribution in [0, 0.1) is 0 Å². The number of hydrogen-bond acceptors (Lipinski definition) is 3. The summed E-state index contributed by atoms with van der Waals surface area (Å²) in [5.74, 6) is 0.967. The first-order valence-corrected chi connectivity index (χ1v) is 5.59. The molecule has 0 bridgehead atoms. The van der Waals surface area contributed by atoms with Gasteiger partial charge in [0, 0.05) is 19.1 Å². The van der Waals surface area contributed by atoms with Crippen molar-refractivity contribution in [1.29, 1.82) is 0 Å². The number of aliphatic hydroxyl groups is 1. The van der Waals surface area contributed by atoms with E-state index in [-0.39, 0.29) is 12.6 Å². The van der Waals surface area contributed by atoms with Gasteiger partial charge in [0.05, 0.1) is 11.0 Å². The molecule has 0 saturated heterocycles. The Balaban J connectivity index is 1.99. The molecule has 16 heavy (non-hydrogen) atoms. The minimum atomic E-state index is 0.0539. The van der Waals surface area contributed by atoms with Gasteiger partial charge in [0.1, 0.15) is 5.82 Å². The lowest BCUT2D eigenvalue weighted by Gasteiger charge is -2.07. The van der Waals surface area contributed by atoms with Crippen molar-refractivity contribution < 1.29 is 5.11 Å². The van der Waals surface area contributed by atoms with Crippen LogP contribution in [0.15, 0.2) is 24.3 Å². The third kappa shape index (κ3) is 2.59. The van der Waals surface area contributed by atoms with E-state index >= 15 is 0 Å². The molecule has 0 aliphatic heterocycles. The quantitative estimate of drug-likeness (QED) is 0.707. The van der Waals surface area contributed by atoms with E-state index < -0.39 is 0 Å². The maximum atomic E-state index is 8.74. The fourth-order valence-electron chi connectivity index (χ4n) is 1.76. The Kier molecular flexibility index (Phi) is 3.54. The number of H-pyrrole nitrogens is 1. The standard InChI is InChI=1S/C12H17N3O/c13-9(7-8-16)5-6-12-14-10-3-1-2-4-11(10)15-12/h1-4,9,16H,5-8,13H2,(H,14,15). The Morgan fingerprint density at radius 1 is 1.31 bits per heavy atom. The Morgan fingerprint density at radius 2 is 2.12 bits per heavy atom. The summed E-state index contributed by atoms with van der Waals surface area (Å²) in [7, 11) is 0. The highest BCUT2D eigenvalue weighted by Gasteiger charge is 2.05. The molecule has 1 aromatic carbocycles. The third-order valence-corrected chi connectivity index (χ3v) is 2.69. The molecule has 86 valence electrons. The highest BCUT2D eigenvalue weighted by Crippen LogP contribution is 2.11. The normalized spacial score (nSPS) is 13.1. The van der Waals surface area contributed by atoms with E-state index in [1.165, 1.54) is 0 Å². The highest BCUT2D eigenvalue weighted by atomic mass is 16.3. The second kappa shape index (κ2) is 5.09. The van der Waals surface area contributed by atoms with Crippen LogP contribution in [0.2, 0.25) is 0 Å². The van der Waals surface area contributed by atoms with Gasteiger partial charge in [-0.25, -0.2) is 4.98 Å². The minimum absolute atomic E-state index is 0.0539. The van der Waals surface area contributed by atoms with Crippen LogP contribution < -0.4 is 5.73 Å². The second-order valence-corrected chi connectivity index (χ2v) is 4.01. The monoisotopic (exact) mass is 219 g/mol. The number of nitrogens with zero attached hydrogens (tertiary/aromatic N) is 1. The van der Waals surface area contributed by atoms with Gasteiger partial charge in [-0.3, -0.25) is 0 Å². The lowest BCUT2D eigenvalue weighted by atomic mass is 10.1. The number of aliphatic hydroxyl groups excluding tert-OH is 1. The number of aromatic nitrogens is 2. The van der Waals surface area contributed by atoms with Crippen LogP contribution in [0.3, 0.4) is 0 Å². The smallest absolute Gasteiger partial charge is 0.107 e. The summed E-state index contributed by atoms with van der Waals surface area (Å²) in [5.41, 5.74) is 7.88. The number of aromatic amines is 1. The maximum absolute atomic E-state index is 8.74. The molecule has 1 unspecified atom stereocenters. The molecule has 0 radical (unpaired) electrons. The van der Waals surface area contributed by atoms with Gasteiger partial charge in [-0.05, 0) is 25.0 Å². The SMILES string of the molecule is NC(CCO)CCc1nc2ccccc2[nH]1. The summed E-state index contributed by atoms with van der Waals surface area (Å²) in [6.07, 6.45) is 2.33. The molecule has 2 rings (SSSR count). The molecule has 4 heteroatoms. The van der Waals surface area contributed by atoms with Crippen LogP contribution in [-0.4, -0.2) is 27.7 Å². The Morgan fingerprint density at radius 3 is 2.88 bits per heavy atom. The predicted molar refractivity (Wildman–Crippen MR) is 64.1 cm³/mol. The number of nitrogens with one attached hydrogen (secondary N) is 1. The summed E-state index contributed by atoms with van der Waals surface area (Å²) >= 11 is 0. The van der Waals surface area contributed by atoms with Gasteiger partial charge in [-0.2, -0.15) is 0 Å². The molecule has 0 aliphatic carbocycles. The van der Waals surface area contributed by atoms with Crippen molar-refractivity contribution in [2.24, 2.45) is 5.73 Å². The zero-order chi connectivity index (χ0) is 11.4. The van der Waals surface area contributed by atoms with Crippen molar-refractivity contribution in [2.45, 2.75) is 25.3 Å². The molecule has 2 aromatic rings. The predicted octanol–water partition coefficient (Wildman–Crippen LogP) is 1.21. The number of nitrogens with two attached hydrogens (primary N) is 1. The Labute approximate surface area is 94.5 Å². The van der Waals surface area contributed by atoms with Gasteiger partial charge in [0.15, 0.2) is 0 Å². The van der Waals surface area contributed by atoms with Gasteiger partial charge >= 0.3 is 0 Å². The summed E-state index contributed by atoms with van der Waals surface area (Å²) in [4.78, 5) is 7.74. The van der Waals surface area contributed by atoms with Crippen molar-refractivity contribution in [1.82, 2.24) is 9.97 Å². The van der Waals surface area contributed by atoms with Crippen molar-refractivity contribution >= 4 is 11.0 Å². The maximum Gasteiger partial charge on any atom is 0.107 e. The number of rotatable bonds is 5. The number of para-hydroxylation sites is 2. The van der Waals surface area contributed by atoms with E-state index in [1.54, 1.807) is 0 Å². The molecule has 0 spiro atoms. The van der Waals surface area contributed by atoms with E-state index in [9.17, 15) is 0 Å². The van der Waals surface area contributed by atoms with Crippen molar-refractivity contribution in [3.8, 4) is 0 Å². The first-order chi connectivity index (χ1) is 7.79. The van der Waals surface area contributed by atoms with Crippen LogP contribution in [0.5, 0.6) is 0 Å². The van der Waals surface area contributed by atoms with Crippen molar-refractivity contribution in [3.63, 3.8) is 0 Å². The Hall–Kier alpha value is -1.39. The molecule has 1 aromatic heterocycles. The minimum Gasteiger partial charge on any atom is -0.396 e. The summed E-state index contributed by atoms with van der Waals surface area (Å²) in [5, 5.41) is 8.74. The van der Waals surface area contributed by atoms with Crippen LogP contribution in [0.1, 0.15) is 18.7 Å². The first kappa shape index (κ1) is 11.1. The number of fused-ring (bicyclic) bond motifs is 1. The summed E-state index contributed by atoms with van der Waals surface area (Å²) in [6, 6.07) is 8.02. The second-order valence-electron chi connectivity index (χ2n) is 4.01. The fourth-order valence-corrected chi connectivity index (χ4v) is 1.76. The molecule has 0 fully saturated rings.